The summed E-state index contributed by atoms with van der Waals surface area (Å²) in [5.41, 5.74) is 7.86. The van der Waals surface area contributed by atoms with Crippen LogP contribution in [0.25, 0.3) is 39.1 Å². The fourth-order valence-corrected chi connectivity index (χ4v) is 5.37. The number of nitrogens with one attached hydrogen (secondary N) is 1. The van der Waals surface area contributed by atoms with E-state index in [1.165, 1.54) is 5.56 Å². The van der Waals surface area contributed by atoms with Gasteiger partial charge in [0.15, 0.2) is 11.3 Å². The lowest BCUT2D eigenvalue weighted by atomic mass is 9.97. The monoisotopic (exact) mass is 550 g/mol. The molecule has 1 N–H and O–H groups in total. The lowest BCUT2D eigenvalue weighted by Gasteiger charge is -2.31. The number of pyridine rings is 1. The van der Waals surface area contributed by atoms with Crippen molar-refractivity contribution in [2.45, 2.75) is 32.4 Å². The summed E-state index contributed by atoms with van der Waals surface area (Å²) in [6.45, 7) is 5.52. The van der Waals surface area contributed by atoms with Crippen LogP contribution in [-0.2, 0) is 16.0 Å². The highest BCUT2D eigenvalue weighted by molar-refractivity contribution is 5.90. The largest absolute Gasteiger partial charge is 0.446 e. The third kappa shape index (κ3) is 6.06. The molecule has 1 amide bonds. The number of ether oxygens (including phenoxy) is 2. The Bertz CT molecular complexity index is 1640. The Morgan fingerprint density at radius 1 is 1.02 bits per heavy atom. The Hall–Kier alpha value is -4.34. The van der Waals surface area contributed by atoms with Crippen LogP contribution in [0.5, 0.6) is 0 Å². The summed E-state index contributed by atoms with van der Waals surface area (Å²) >= 11 is 0. The minimum Gasteiger partial charge on any atom is -0.446 e. The molecule has 0 unspecified atom stereocenters. The van der Waals surface area contributed by atoms with Crippen molar-refractivity contribution in [3.8, 4) is 22.4 Å². The van der Waals surface area contributed by atoms with Crippen molar-refractivity contribution >= 4 is 22.8 Å². The Balaban J connectivity index is 1.20. The number of carbonyl (C=O) groups is 1. The Morgan fingerprint density at radius 2 is 1.80 bits per heavy atom. The molecule has 0 spiro atoms. The van der Waals surface area contributed by atoms with Crippen molar-refractivity contribution < 1.29 is 14.3 Å². The van der Waals surface area contributed by atoms with Crippen molar-refractivity contribution in [2.75, 3.05) is 33.4 Å². The smallest absolute Gasteiger partial charge is 0.407 e. The molecule has 41 heavy (non-hydrogen) atoms. The molecule has 1 aliphatic heterocycles. The van der Waals surface area contributed by atoms with Crippen LogP contribution in [0.3, 0.4) is 0 Å². The van der Waals surface area contributed by atoms with Gasteiger partial charge in [0.2, 0.25) is 0 Å². The lowest BCUT2D eigenvalue weighted by Crippen LogP contribution is -2.39. The molecule has 0 atom stereocenters. The maximum absolute atomic E-state index is 11.9. The van der Waals surface area contributed by atoms with Crippen LogP contribution < -0.4 is 5.32 Å². The Labute approximate surface area is 239 Å². The van der Waals surface area contributed by atoms with E-state index in [1.807, 2.05) is 41.9 Å². The van der Waals surface area contributed by atoms with Crippen molar-refractivity contribution in [3.05, 3.63) is 84.2 Å². The lowest BCUT2D eigenvalue weighted by molar-refractivity contribution is 0.0476. The summed E-state index contributed by atoms with van der Waals surface area (Å²) in [6, 6.07) is 23.1. The van der Waals surface area contributed by atoms with Gasteiger partial charge < -0.3 is 14.8 Å². The van der Waals surface area contributed by atoms with E-state index in [0.717, 1.165) is 77.2 Å². The first-order chi connectivity index (χ1) is 20.1. The number of rotatable bonds is 8. The number of hydrogen-bond acceptors (Lipinski definition) is 7. The number of amides is 1. The van der Waals surface area contributed by atoms with Gasteiger partial charge in [-0.2, -0.15) is 9.61 Å². The predicted molar refractivity (Wildman–Crippen MR) is 159 cm³/mol. The maximum Gasteiger partial charge on any atom is 0.407 e. The molecule has 2 aromatic carbocycles. The molecule has 5 aromatic rings. The first-order valence-corrected chi connectivity index (χ1v) is 14.0. The van der Waals surface area contributed by atoms with Crippen molar-refractivity contribution in [2.24, 2.45) is 0 Å². The molecule has 4 heterocycles. The van der Waals surface area contributed by atoms with E-state index in [2.05, 4.69) is 62.8 Å². The highest BCUT2D eigenvalue weighted by atomic mass is 16.6. The topological polar surface area (TPSA) is 93.9 Å². The minimum absolute atomic E-state index is 0.0493. The molecule has 1 saturated heterocycles. The number of piperidine rings is 1. The highest BCUT2D eigenvalue weighted by Gasteiger charge is 2.22. The molecule has 0 radical (unpaired) electrons. The summed E-state index contributed by atoms with van der Waals surface area (Å²) in [5, 5.41) is 8.31. The number of hydrogen-bond donors (Lipinski definition) is 1. The van der Waals surface area contributed by atoms with Gasteiger partial charge in [-0.05, 0) is 37.0 Å². The molecule has 1 aliphatic rings. The van der Waals surface area contributed by atoms with Gasteiger partial charge in [-0.3, -0.25) is 4.90 Å². The quantitative estimate of drug-likeness (QED) is 0.264. The summed E-state index contributed by atoms with van der Waals surface area (Å²) in [6.07, 6.45) is 3.11. The van der Waals surface area contributed by atoms with Gasteiger partial charge in [-0.25, -0.2) is 14.8 Å². The molecule has 0 bridgehead atoms. The fraction of sp³-hybridized carbons (Fsp3) is 0.312. The number of alkyl carbamates (subject to hydrolysis) is 1. The molecule has 3 aromatic heterocycles. The van der Waals surface area contributed by atoms with Crippen LogP contribution in [0.15, 0.2) is 72.9 Å². The summed E-state index contributed by atoms with van der Waals surface area (Å²) in [7, 11) is 1.61. The fourth-order valence-electron chi connectivity index (χ4n) is 5.37. The van der Waals surface area contributed by atoms with Gasteiger partial charge in [-0.15, -0.1) is 0 Å². The second kappa shape index (κ2) is 12.0. The minimum atomic E-state index is -0.368. The van der Waals surface area contributed by atoms with E-state index in [0.29, 0.717) is 13.2 Å². The normalized spacial score (nSPS) is 14.5. The molecular formula is C32H34N6O3. The molecule has 0 aliphatic carbocycles. The van der Waals surface area contributed by atoms with Crippen LogP contribution >= 0.6 is 0 Å². The number of aromatic nitrogens is 4. The second-order valence-electron chi connectivity index (χ2n) is 10.5. The number of likely N-dealkylation sites (tertiary alicyclic amines) is 1. The van der Waals surface area contributed by atoms with E-state index in [1.54, 1.807) is 7.11 Å². The van der Waals surface area contributed by atoms with Crippen molar-refractivity contribution in [1.29, 1.82) is 0 Å². The van der Waals surface area contributed by atoms with Gasteiger partial charge in [-0.1, -0.05) is 54.6 Å². The van der Waals surface area contributed by atoms with Gasteiger partial charge in [0.05, 0.1) is 18.0 Å². The number of fused-ring (bicyclic) bond motifs is 3. The van der Waals surface area contributed by atoms with Gasteiger partial charge in [0.1, 0.15) is 6.10 Å². The van der Waals surface area contributed by atoms with Gasteiger partial charge in [0.25, 0.3) is 0 Å². The van der Waals surface area contributed by atoms with Gasteiger partial charge >= 0.3 is 6.09 Å². The van der Waals surface area contributed by atoms with Crippen LogP contribution in [0.1, 0.15) is 24.1 Å². The molecule has 9 nitrogen and oxygen atoms in total. The SMILES string of the molecule is COCCNC(=O)OC1CCN(Cc2ccc(-c3nc4c(cnc5cc(C)nn54)cc3-c3ccccc3)cc2)CC1. The van der Waals surface area contributed by atoms with E-state index in [-0.39, 0.29) is 12.2 Å². The molecular weight excluding hydrogens is 516 g/mol. The average Bonchev–Trinajstić information content (AvgIpc) is 3.39. The first kappa shape index (κ1) is 26.9. The zero-order valence-electron chi connectivity index (χ0n) is 23.4. The zero-order valence-corrected chi connectivity index (χ0v) is 23.4. The van der Waals surface area contributed by atoms with E-state index in [4.69, 9.17) is 14.5 Å². The standard InChI is InChI=1S/C32H34N6O3/c1-22-18-29-34-20-26-19-28(24-6-4-3-5-7-24)30(35-31(26)38(29)36-22)25-10-8-23(9-11-25)21-37-15-12-27(13-16-37)41-32(39)33-14-17-40-2/h3-11,18-20,27H,12-17,21H2,1-2H3,(H,33,39). The Morgan fingerprint density at radius 3 is 2.56 bits per heavy atom. The molecule has 1 fully saturated rings. The van der Waals surface area contributed by atoms with Crippen molar-refractivity contribution in [3.63, 3.8) is 0 Å². The van der Waals surface area contributed by atoms with Crippen LogP contribution in [0, 0.1) is 6.92 Å². The van der Waals surface area contributed by atoms with Gasteiger partial charge in [0, 0.05) is 62.1 Å². The molecule has 0 saturated carbocycles. The van der Waals surface area contributed by atoms with E-state index >= 15 is 0 Å². The third-order valence-corrected chi connectivity index (χ3v) is 7.48. The number of carbonyl (C=O) groups excluding carboxylic acids is 1. The highest BCUT2D eigenvalue weighted by Crippen LogP contribution is 2.33. The molecule has 9 heteroatoms. The van der Waals surface area contributed by atoms with Crippen LogP contribution in [0.2, 0.25) is 0 Å². The predicted octanol–water partition coefficient (Wildman–Crippen LogP) is 5.26. The second-order valence-corrected chi connectivity index (χ2v) is 10.5. The zero-order chi connectivity index (χ0) is 28.2. The summed E-state index contributed by atoms with van der Waals surface area (Å²) < 4.78 is 12.3. The Kier molecular flexibility index (Phi) is 7.89. The number of methoxy groups -OCH3 is 1. The average molecular weight is 551 g/mol. The van der Waals surface area contributed by atoms with Crippen molar-refractivity contribution in [1.82, 2.24) is 29.8 Å². The van der Waals surface area contributed by atoms with E-state index in [9.17, 15) is 4.79 Å². The molecule has 6 rings (SSSR count). The third-order valence-electron chi connectivity index (χ3n) is 7.48. The van der Waals surface area contributed by atoms with Crippen LogP contribution in [-0.4, -0.2) is 70.0 Å². The maximum atomic E-state index is 11.9. The summed E-state index contributed by atoms with van der Waals surface area (Å²) in [4.78, 5) is 24.1. The summed E-state index contributed by atoms with van der Waals surface area (Å²) in [5.74, 6) is 0. The van der Waals surface area contributed by atoms with E-state index < -0.39 is 0 Å². The first-order valence-electron chi connectivity index (χ1n) is 14.0. The number of aryl methyl sites for hydroxylation is 1. The number of nitrogens with zero attached hydrogens (tertiary/aromatic N) is 5. The molecule has 210 valence electrons. The van der Waals surface area contributed by atoms with Crippen LogP contribution in [0.4, 0.5) is 4.79 Å². The number of benzene rings is 2.